The molecule has 1 unspecified atom stereocenters. The van der Waals surface area contributed by atoms with Crippen molar-refractivity contribution in [1.29, 1.82) is 0 Å². The summed E-state index contributed by atoms with van der Waals surface area (Å²) in [6, 6.07) is 6.59. The van der Waals surface area contributed by atoms with Gasteiger partial charge in [0, 0.05) is 55.5 Å². The van der Waals surface area contributed by atoms with Crippen LogP contribution in [-0.4, -0.2) is 25.6 Å². The zero-order chi connectivity index (χ0) is 12.0. The summed E-state index contributed by atoms with van der Waals surface area (Å²) in [7, 11) is 4.11. The van der Waals surface area contributed by atoms with Crippen molar-refractivity contribution in [3.05, 3.63) is 29.5 Å². The summed E-state index contributed by atoms with van der Waals surface area (Å²) < 4.78 is 0. The van der Waals surface area contributed by atoms with Crippen molar-refractivity contribution in [3.8, 4) is 0 Å². The van der Waals surface area contributed by atoms with E-state index in [9.17, 15) is 0 Å². The third kappa shape index (κ3) is 1.61. The van der Waals surface area contributed by atoms with E-state index in [1.54, 1.807) is 0 Å². The largest absolute Gasteiger partial charge is 0.378 e. The molecule has 0 fully saturated rings. The lowest BCUT2D eigenvalue weighted by Crippen LogP contribution is -2.32. The van der Waals surface area contributed by atoms with Crippen molar-refractivity contribution in [2.45, 2.75) is 12.6 Å². The Morgan fingerprint density at radius 2 is 2.18 bits per heavy atom. The van der Waals surface area contributed by atoms with Gasteiger partial charge in [-0.15, -0.1) is 0 Å². The number of fused-ring (bicyclic) bond motifs is 3. The lowest BCUT2D eigenvalue weighted by Gasteiger charge is -2.20. The summed E-state index contributed by atoms with van der Waals surface area (Å²) >= 11 is 0. The summed E-state index contributed by atoms with van der Waals surface area (Å²) in [5.41, 5.74) is 11.1. The topological polar surface area (TPSA) is 57.1 Å². The molecule has 0 saturated heterocycles. The molecular weight excluding hydrogens is 212 g/mol. The second-order valence-corrected chi connectivity index (χ2v) is 4.88. The Labute approximate surface area is 101 Å². The molecule has 0 aliphatic carbocycles. The molecule has 1 aromatic heterocycles. The number of nitrogens with one attached hydrogen (secondary N) is 2. The van der Waals surface area contributed by atoms with Gasteiger partial charge in [0.15, 0.2) is 0 Å². The second-order valence-electron chi connectivity index (χ2n) is 4.88. The first-order valence-electron chi connectivity index (χ1n) is 5.95. The fourth-order valence-corrected chi connectivity index (χ4v) is 2.56. The van der Waals surface area contributed by atoms with Crippen LogP contribution in [0.1, 0.15) is 17.3 Å². The van der Waals surface area contributed by atoms with Crippen LogP contribution in [-0.2, 0) is 6.54 Å². The highest BCUT2D eigenvalue weighted by Crippen LogP contribution is 2.31. The minimum atomic E-state index is 0.0951. The minimum absolute atomic E-state index is 0.0951. The Hall–Kier alpha value is -1.52. The first-order chi connectivity index (χ1) is 8.16. The van der Waals surface area contributed by atoms with E-state index in [2.05, 4.69) is 47.5 Å². The Bertz CT molecular complexity index is 556. The number of benzene rings is 1. The van der Waals surface area contributed by atoms with Gasteiger partial charge in [0.1, 0.15) is 0 Å². The van der Waals surface area contributed by atoms with Gasteiger partial charge in [-0.3, -0.25) is 0 Å². The second kappa shape index (κ2) is 3.75. The normalized spacial score (nSPS) is 19.4. The van der Waals surface area contributed by atoms with E-state index >= 15 is 0 Å². The number of rotatable bonds is 1. The Balaban J connectivity index is 2.21. The average molecular weight is 230 g/mol. The van der Waals surface area contributed by atoms with Crippen molar-refractivity contribution in [3.63, 3.8) is 0 Å². The van der Waals surface area contributed by atoms with Crippen LogP contribution in [0.5, 0.6) is 0 Å². The predicted molar refractivity (Wildman–Crippen MR) is 71.3 cm³/mol. The number of H-pyrrole nitrogens is 1. The number of aromatic nitrogens is 1. The van der Waals surface area contributed by atoms with Crippen LogP contribution in [0.15, 0.2) is 18.2 Å². The Kier molecular flexibility index (Phi) is 2.34. The maximum Gasteiger partial charge on any atom is 0.0480 e. The fourth-order valence-electron chi connectivity index (χ4n) is 2.56. The molecule has 3 rings (SSSR count). The molecule has 0 spiro atoms. The maximum atomic E-state index is 6.16. The minimum Gasteiger partial charge on any atom is -0.378 e. The summed E-state index contributed by atoms with van der Waals surface area (Å²) in [6.45, 7) is 1.74. The molecule has 17 heavy (non-hydrogen) atoms. The highest BCUT2D eigenvalue weighted by atomic mass is 15.1. The zero-order valence-electron chi connectivity index (χ0n) is 10.2. The molecule has 1 aliphatic heterocycles. The van der Waals surface area contributed by atoms with Gasteiger partial charge < -0.3 is 20.9 Å². The Morgan fingerprint density at radius 1 is 1.35 bits per heavy atom. The van der Waals surface area contributed by atoms with Gasteiger partial charge in [0.05, 0.1) is 0 Å². The van der Waals surface area contributed by atoms with Gasteiger partial charge in [0.2, 0.25) is 0 Å². The number of anilines is 1. The van der Waals surface area contributed by atoms with Crippen molar-refractivity contribution >= 4 is 16.6 Å². The number of nitrogens with zero attached hydrogens (tertiary/aromatic N) is 1. The van der Waals surface area contributed by atoms with E-state index in [0.29, 0.717) is 0 Å². The molecule has 0 amide bonds. The molecule has 4 nitrogen and oxygen atoms in total. The van der Waals surface area contributed by atoms with Crippen LogP contribution in [0.3, 0.4) is 0 Å². The smallest absolute Gasteiger partial charge is 0.0480 e. The number of aromatic amines is 1. The van der Waals surface area contributed by atoms with Crippen molar-refractivity contribution in [1.82, 2.24) is 10.3 Å². The number of nitrogens with two attached hydrogens (primary N) is 1. The summed E-state index contributed by atoms with van der Waals surface area (Å²) in [4.78, 5) is 5.58. The standard InChI is InChI=1S/C13H18N4/c1-17(2)8-3-4-9-11(5-8)16-12-7-15-6-10(14)13(9)12/h3-5,10,15-16H,6-7,14H2,1-2H3. The third-order valence-corrected chi connectivity index (χ3v) is 3.46. The van der Waals surface area contributed by atoms with E-state index in [4.69, 9.17) is 5.73 Å². The van der Waals surface area contributed by atoms with Crippen LogP contribution in [0.4, 0.5) is 5.69 Å². The van der Waals surface area contributed by atoms with Crippen LogP contribution >= 0.6 is 0 Å². The number of hydrogen-bond acceptors (Lipinski definition) is 3. The van der Waals surface area contributed by atoms with Gasteiger partial charge in [-0.1, -0.05) is 6.07 Å². The van der Waals surface area contributed by atoms with Crippen LogP contribution in [0, 0.1) is 0 Å². The molecule has 1 aromatic carbocycles. The van der Waals surface area contributed by atoms with E-state index < -0.39 is 0 Å². The monoisotopic (exact) mass is 230 g/mol. The van der Waals surface area contributed by atoms with Crippen molar-refractivity contribution in [2.24, 2.45) is 5.73 Å². The van der Waals surface area contributed by atoms with Gasteiger partial charge in [-0.25, -0.2) is 0 Å². The van der Waals surface area contributed by atoms with E-state index in [0.717, 1.165) is 13.1 Å². The quantitative estimate of drug-likeness (QED) is 0.693. The molecule has 4 N–H and O–H groups in total. The van der Waals surface area contributed by atoms with Crippen molar-refractivity contribution < 1.29 is 0 Å². The summed E-state index contributed by atoms with van der Waals surface area (Å²) in [5, 5.41) is 4.59. The fraction of sp³-hybridized carbons (Fsp3) is 0.385. The zero-order valence-corrected chi connectivity index (χ0v) is 10.2. The lowest BCUT2D eigenvalue weighted by molar-refractivity contribution is 0.553. The van der Waals surface area contributed by atoms with Crippen LogP contribution < -0.4 is 16.0 Å². The van der Waals surface area contributed by atoms with E-state index in [1.807, 2.05) is 0 Å². The van der Waals surface area contributed by atoms with Crippen LogP contribution in [0.25, 0.3) is 10.9 Å². The molecule has 1 aliphatic rings. The predicted octanol–water partition coefficient (Wildman–Crippen LogP) is 1.34. The molecule has 0 bridgehead atoms. The summed E-state index contributed by atoms with van der Waals surface area (Å²) in [6.07, 6.45) is 0. The van der Waals surface area contributed by atoms with Crippen LogP contribution in [0.2, 0.25) is 0 Å². The maximum absolute atomic E-state index is 6.16. The average Bonchev–Trinajstić information content (AvgIpc) is 2.67. The van der Waals surface area contributed by atoms with Gasteiger partial charge in [0.25, 0.3) is 0 Å². The summed E-state index contributed by atoms with van der Waals surface area (Å²) in [5.74, 6) is 0. The molecule has 90 valence electrons. The van der Waals surface area contributed by atoms with Crippen molar-refractivity contribution in [2.75, 3.05) is 25.5 Å². The van der Waals surface area contributed by atoms with Gasteiger partial charge >= 0.3 is 0 Å². The van der Waals surface area contributed by atoms with Gasteiger partial charge in [-0.2, -0.15) is 0 Å². The molecule has 2 heterocycles. The molecule has 0 saturated carbocycles. The lowest BCUT2D eigenvalue weighted by atomic mass is 10.0. The molecule has 0 radical (unpaired) electrons. The first kappa shape index (κ1) is 10.6. The van der Waals surface area contributed by atoms with E-state index in [1.165, 1.54) is 27.8 Å². The third-order valence-electron chi connectivity index (χ3n) is 3.46. The highest BCUT2D eigenvalue weighted by Gasteiger charge is 2.21. The molecule has 1 atom stereocenters. The first-order valence-corrected chi connectivity index (χ1v) is 5.95. The Morgan fingerprint density at radius 3 is 2.94 bits per heavy atom. The van der Waals surface area contributed by atoms with Gasteiger partial charge in [-0.05, 0) is 17.7 Å². The van der Waals surface area contributed by atoms with E-state index in [-0.39, 0.29) is 6.04 Å². The highest BCUT2D eigenvalue weighted by molar-refractivity contribution is 5.88. The molecule has 2 aromatic rings. The number of hydrogen-bond donors (Lipinski definition) is 3. The SMILES string of the molecule is CN(C)c1ccc2c3c([nH]c2c1)CNCC3N. The molecular formula is C13H18N4. The molecule has 4 heteroatoms.